The second-order valence-electron chi connectivity index (χ2n) is 9.56. The van der Waals surface area contributed by atoms with Crippen molar-refractivity contribution in [2.75, 3.05) is 25.0 Å². The molecule has 0 spiro atoms. The summed E-state index contributed by atoms with van der Waals surface area (Å²) in [4.78, 5) is 15.5. The fourth-order valence-electron chi connectivity index (χ4n) is 4.97. The normalized spacial score (nSPS) is 13.0. The summed E-state index contributed by atoms with van der Waals surface area (Å²) in [7, 11) is 0. The maximum atomic E-state index is 9.01. The maximum Gasteiger partial charge on any atom is 0.156 e. The Bertz CT molecular complexity index is 1630. The van der Waals surface area contributed by atoms with Gasteiger partial charge in [-0.3, -0.25) is 4.98 Å². The third-order valence-corrected chi connectivity index (χ3v) is 8.52. The highest BCUT2D eigenvalue weighted by Gasteiger charge is 2.19. The lowest BCUT2D eigenvalue weighted by atomic mass is 9.96. The molecule has 4 N–H and O–H groups in total. The molecule has 0 saturated carbocycles. The van der Waals surface area contributed by atoms with Crippen molar-refractivity contribution in [3.05, 3.63) is 87.6 Å². The van der Waals surface area contributed by atoms with E-state index in [1.165, 1.54) is 10.6 Å². The largest absolute Gasteiger partial charge is 0.395 e. The van der Waals surface area contributed by atoms with Crippen LogP contribution in [0.5, 0.6) is 0 Å². The van der Waals surface area contributed by atoms with Gasteiger partial charge in [-0.25, -0.2) is 9.97 Å². The first kappa shape index (κ1) is 25.9. The van der Waals surface area contributed by atoms with E-state index in [4.69, 9.17) is 21.7 Å². The molecule has 198 valence electrons. The number of benzene rings is 2. The zero-order chi connectivity index (χ0) is 26.8. The number of rotatable bonds is 8. The summed E-state index contributed by atoms with van der Waals surface area (Å²) in [6.07, 6.45) is 4.58. The topological polar surface area (TPSA) is 95.0 Å². The summed E-state index contributed by atoms with van der Waals surface area (Å²) in [6.45, 7) is 5.30. The smallest absolute Gasteiger partial charge is 0.156 e. The lowest BCUT2D eigenvalue weighted by Crippen LogP contribution is -2.22. The Hall–Kier alpha value is -3.40. The van der Waals surface area contributed by atoms with Crippen LogP contribution < -0.4 is 16.0 Å². The zero-order valence-corrected chi connectivity index (χ0v) is 23.2. The molecule has 2 aromatic carbocycles. The number of fused-ring (bicyclic) bond motifs is 2. The lowest BCUT2D eigenvalue weighted by Gasteiger charge is -2.15. The van der Waals surface area contributed by atoms with E-state index in [1.54, 1.807) is 17.5 Å². The van der Waals surface area contributed by atoms with Crippen molar-refractivity contribution < 1.29 is 5.11 Å². The molecule has 0 bridgehead atoms. The molecular weight excluding hydrogens is 528 g/mol. The monoisotopic (exact) mass is 556 g/mol. The van der Waals surface area contributed by atoms with Crippen LogP contribution in [0, 0.1) is 6.92 Å². The minimum absolute atomic E-state index is 0.104. The Morgan fingerprint density at radius 1 is 1.08 bits per heavy atom. The number of aromatic nitrogens is 3. The van der Waals surface area contributed by atoms with E-state index < -0.39 is 0 Å². The molecule has 3 aromatic heterocycles. The van der Waals surface area contributed by atoms with Crippen molar-refractivity contribution in [2.24, 2.45) is 0 Å². The number of halogens is 1. The van der Waals surface area contributed by atoms with E-state index in [1.807, 2.05) is 24.4 Å². The van der Waals surface area contributed by atoms with Gasteiger partial charge in [0, 0.05) is 66.4 Å². The lowest BCUT2D eigenvalue weighted by molar-refractivity contribution is 0.292. The Balaban J connectivity index is 1.32. The quantitative estimate of drug-likeness (QED) is 0.178. The van der Waals surface area contributed by atoms with Crippen molar-refractivity contribution in [2.45, 2.75) is 26.4 Å². The number of hydrogen-bond donors (Lipinski definition) is 4. The number of aliphatic hydroxyl groups is 1. The number of thiazole rings is 1. The summed E-state index contributed by atoms with van der Waals surface area (Å²) in [5, 5.41) is 21.7. The van der Waals surface area contributed by atoms with Crippen LogP contribution in [0.4, 0.5) is 11.5 Å². The molecular formula is C30H29ClN6OS. The van der Waals surface area contributed by atoms with Crippen LogP contribution in [0.2, 0.25) is 5.02 Å². The number of anilines is 2. The second-order valence-corrected chi connectivity index (χ2v) is 11.0. The minimum Gasteiger partial charge on any atom is -0.395 e. The average molecular weight is 557 g/mol. The van der Waals surface area contributed by atoms with Gasteiger partial charge in [0.2, 0.25) is 0 Å². The molecule has 1 aliphatic rings. The van der Waals surface area contributed by atoms with Gasteiger partial charge in [-0.2, -0.15) is 0 Å². The molecule has 6 rings (SSSR count). The molecule has 4 heterocycles. The van der Waals surface area contributed by atoms with E-state index in [2.05, 4.69) is 63.2 Å². The molecule has 0 aliphatic carbocycles. The third-order valence-electron chi connectivity index (χ3n) is 6.98. The first-order chi connectivity index (χ1) is 19.1. The van der Waals surface area contributed by atoms with E-state index in [-0.39, 0.29) is 6.61 Å². The standard InChI is InChI=1S/C30H29ClN6OS/c1-18-21(4-2-5-22(18)30-37-24-9-10-32-17-26(24)39-30)23-6-3-7-25(27(23)31)36-29-28-20(8-11-34-29)14-19(16-35-28)15-33-12-13-38/h2-8,11,14,16,32-33,38H,9-10,12-13,15,17H2,1H3,(H,34,36). The second kappa shape index (κ2) is 11.4. The van der Waals surface area contributed by atoms with Crippen LogP contribution in [0.15, 0.2) is 60.9 Å². The number of pyridine rings is 2. The Labute approximate surface area is 236 Å². The van der Waals surface area contributed by atoms with E-state index >= 15 is 0 Å². The molecule has 9 heteroatoms. The predicted molar refractivity (Wildman–Crippen MR) is 160 cm³/mol. The first-order valence-electron chi connectivity index (χ1n) is 13.0. The molecule has 0 radical (unpaired) electrons. The van der Waals surface area contributed by atoms with Crippen LogP contribution in [0.1, 0.15) is 21.7 Å². The Morgan fingerprint density at radius 3 is 2.79 bits per heavy atom. The summed E-state index contributed by atoms with van der Waals surface area (Å²) in [5.41, 5.74) is 8.13. The molecule has 0 amide bonds. The first-order valence-corrected chi connectivity index (χ1v) is 14.2. The van der Waals surface area contributed by atoms with Crippen LogP contribution in [-0.2, 0) is 19.5 Å². The molecule has 7 nitrogen and oxygen atoms in total. The molecule has 0 atom stereocenters. The fourth-order valence-corrected chi connectivity index (χ4v) is 6.40. The van der Waals surface area contributed by atoms with Crippen molar-refractivity contribution >= 4 is 45.3 Å². The molecule has 1 aliphatic heterocycles. The van der Waals surface area contributed by atoms with Gasteiger partial charge in [0.25, 0.3) is 0 Å². The van der Waals surface area contributed by atoms with E-state index in [9.17, 15) is 0 Å². The average Bonchev–Trinajstić information content (AvgIpc) is 3.39. The SMILES string of the molecule is Cc1c(-c2nc3c(s2)CNCC3)cccc1-c1cccc(Nc2nccc3cc(CNCCO)cnc23)c1Cl. The van der Waals surface area contributed by atoms with Crippen molar-refractivity contribution in [3.63, 3.8) is 0 Å². The van der Waals surface area contributed by atoms with Crippen molar-refractivity contribution in [1.82, 2.24) is 25.6 Å². The van der Waals surface area contributed by atoms with Gasteiger partial charge in [-0.1, -0.05) is 41.9 Å². The maximum absolute atomic E-state index is 9.01. The van der Waals surface area contributed by atoms with Crippen LogP contribution >= 0.6 is 22.9 Å². The molecule has 0 fully saturated rings. The Kier molecular flexibility index (Phi) is 7.54. The Morgan fingerprint density at radius 2 is 1.92 bits per heavy atom. The molecule has 0 saturated heterocycles. The van der Waals surface area contributed by atoms with Gasteiger partial charge in [-0.15, -0.1) is 11.3 Å². The fraction of sp³-hybridized carbons (Fsp3) is 0.233. The highest BCUT2D eigenvalue weighted by molar-refractivity contribution is 7.15. The molecule has 39 heavy (non-hydrogen) atoms. The number of hydrogen-bond acceptors (Lipinski definition) is 8. The van der Waals surface area contributed by atoms with Gasteiger partial charge >= 0.3 is 0 Å². The van der Waals surface area contributed by atoms with Crippen molar-refractivity contribution in [1.29, 1.82) is 0 Å². The van der Waals surface area contributed by atoms with Crippen LogP contribution in [0.3, 0.4) is 0 Å². The van der Waals surface area contributed by atoms with Crippen LogP contribution in [-0.4, -0.2) is 39.8 Å². The van der Waals surface area contributed by atoms with Crippen molar-refractivity contribution in [3.8, 4) is 21.7 Å². The summed E-state index contributed by atoms with van der Waals surface area (Å²) >= 11 is 8.81. The molecule has 5 aromatic rings. The molecule has 0 unspecified atom stereocenters. The third kappa shape index (κ3) is 5.26. The van der Waals surface area contributed by atoms with Crippen LogP contribution in [0.25, 0.3) is 32.6 Å². The van der Waals surface area contributed by atoms with Gasteiger partial charge in [0.05, 0.1) is 23.0 Å². The predicted octanol–water partition coefficient (Wildman–Crippen LogP) is 5.85. The van der Waals surface area contributed by atoms with E-state index in [0.29, 0.717) is 23.9 Å². The summed E-state index contributed by atoms with van der Waals surface area (Å²) < 4.78 is 0. The highest BCUT2D eigenvalue weighted by Crippen LogP contribution is 2.40. The zero-order valence-electron chi connectivity index (χ0n) is 21.6. The van der Waals surface area contributed by atoms with E-state index in [0.717, 1.165) is 68.9 Å². The minimum atomic E-state index is 0.104. The number of nitrogens with one attached hydrogen (secondary N) is 3. The summed E-state index contributed by atoms with van der Waals surface area (Å²) in [5.74, 6) is 0.647. The van der Waals surface area contributed by atoms with Gasteiger partial charge in [-0.05, 0) is 41.8 Å². The van der Waals surface area contributed by atoms with Gasteiger partial charge in [0.15, 0.2) is 5.82 Å². The highest BCUT2D eigenvalue weighted by atomic mass is 35.5. The summed E-state index contributed by atoms with van der Waals surface area (Å²) in [6, 6.07) is 16.4. The number of aliphatic hydroxyl groups excluding tert-OH is 1. The number of nitrogens with zero attached hydrogens (tertiary/aromatic N) is 3. The van der Waals surface area contributed by atoms with Gasteiger partial charge in [0.1, 0.15) is 10.5 Å². The van der Waals surface area contributed by atoms with Gasteiger partial charge < -0.3 is 21.1 Å².